The van der Waals surface area contributed by atoms with Crippen molar-refractivity contribution in [1.29, 1.82) is 0 Å². The average Bonchev–Trinajstić information content (AvgIpc) is 2.86. The molecule has 0 aromatic rings. The van der Waals surface area contributed by atoms with Gasteiger partial charge >= 0.3 is 0 Å². The second-order valence-corrected chi connectivity index (χ2v) is 5.91. The zero-order valence-corrected chi connectivity index (χ0v) is 13.5. The minimum atomic E-state index is -0.548. The molecule has 1 fully saturated rings. The van der Waals surface area contributed by atoms with Gasteiger partial charge in [0.05, 0.1) is 12.6 Å². The molecule has 0 spiro atoms. The Hall–Kier alpha value is -0.810. The Morgan fingerprint density at radius 2 is 1.85 bits per heavy atom. The monoisotopic (exact) mass is 305 g/mol. The second-order valence-electron chi connectivity index (χ2n) is 5.91. The van der Waals surface area contributed by atoms with Crippen LogP contribution in [0.25, 0.3) is 0 Å². The predicted molar refractivity (Wildman–Crippen MR) is 82.7 cm³/mol. The zero-order chi connectivity index (χ0) is 14.4. The number of hydrogen-bond donors (Lipinski definition) is 2. The van der Waals surface area contributed by atoms with E-state index in [1.54, 1.807) is 11.9 Å². The van der Waals surface area contributed by atoms with Gasteiger partial charge in [0.15, 0.2) is 0 Å². The van der Waals surface area contributed by atoms with Gasteiger partial charge < -0.3 is 16.0 Å². The Morgan fingerprint density at radius 3 is 2.35 bits per heavy atom. The fourth-order valence-electron chi connectivity index (χ4n) is 2.40. The van der Waals surface area contributed by atoms with Crippen LogP contribution in [-0.4, -0.2) is 42.9 Å². The molecule has 0 bridgehead atoms. The summed E-state index contributed by atoms with van der Waals surface area (Å²) in [6, 6.07) is -0.548. The lowest BCUT2D eigenvalue weighted by Gasteiger charge is -2.22. The molecule has 20 heavy (non-hydrogen) atoms. The molecule has 0 unspecified atom stereocenters. The SMILES string of the molecule is CC(C)[C@H](N)C(=O)NCC(=O)N(C)CC1CCCC1.Cl. The van der Waals surface area contributed by atoms with Crippen molar-refractivity contribution in [3.8, 4) is 0 Å². The third kappa shape index (κ3) is 6.09. The molecule has 2 amide bonds. The summed E-state index contributed by atoms with van der Waals surface area (Å²) in [5, 5.41) is 2.61. The van der Waals surface area contributed by atoms with Crippen LogP contribution >= 0.6 is 12.4 Å². The molecule has 0 aromatic carbocycles. The van der Waals surface area contributed by atoms with Crippen molar-refractivity contribution in [2.45, 2.75) is 45.6 Å². The molecule has 1 aliphatic rings. The average molecular weight is 306 g/mol. The predicted octanol–water partition coefficient (Wildman–Crippen LogP) is 1.16. The van der Waals surface area contributed by atoms with Crippen LogP contribution in [0.1, 0.15) is 39.5 Å². The highest BCUT2D eigenvalue weighted by atomic mass is 35.5. The molecule has 1 rings (SSSR count). The maximum absolute atomic E-state index is 11.9. The first kappa shape index (κ1) is 19.2. The zero-order valence-electron chi connectivity index (χ0n) is 12.7. The fourth-order valence-corrected chi connectivity index (χ4v) is 2.40. The summed E-state index contributed by atoms with van der Waals surface area (Å²) in [6.45, 7) is 4.62. The fraction of sp³-hybridized carbons (Fsp3) is 0.857. The van der Waals surface area contributed by atoms with Gasteiger partial charge in [-0.05, 0) is 24.7 Å². The van der Waals surface area contributed by atoms with Crippen molar-refractivity contribution in [2.75, 3.05) is 20.1 Å². The molecular formula is C14H28ClN3O2. The molecule has 6 heteroatoms. The van der Waals surface area contributed by atoms with E-state index in [9.17, 15) is 9.59 Å². The highest BCUT2D eigenvalue weighted by Crippen LogP contribution is 2.25. The largest absolute Gasteiger partial charge is 0.346 e. The van der Waals surface area contributed by atoms with E-state index in [1.807, 2.05) is 13.8 Å². The van der Waals surface area contributed by atoms with Crippen LogP contribution in [0.15, 0.2) is 0 Å². The maximum atomic E-state index is 11.9. The van der Waals surface area contributed by atoms with Crippen LogP contribution in [0.4, 0.5) is 0 Å². The number of amides is 2. The first-order valence-corrected chi connectivity index (χ1v) is 7.19. The Bertz CT molecular complexity index is 318. The van der Waals surface area contributed by atoms with Crippen LogP contribution in [0.2, 0.25) is 0 Å². The highest BCUT2D eigenvalue weighted by molar-refractivity contribution is 5.87. The molecule has 0 saturated heterocycles. The molecule has 0 aromatic heterocycles. The molecule has 118 valence electrons. The van der Waals surface area contributed by atoms with Gasteiger partial charge in [-0.25, -0.2) is 0 Å². The number of carbonyl (C=O) groups excluding carboxylic acids is 2. The number of nitrogens with one attached hydrogen (secondary N) is 1. The number of nitrogens with two attached hydrogens (primary N) is 1. The van der Waals surface area contributed by atoms with Crippen molar-refractivity contribution in [3.05, 3.63) is 0 Å². The van der Waals surface area contributed by atoms with E-state index < -0.39 is 6.04 Å². The topological polar surface area (TPSA) is 75.4 Å². The summed E-state index contributed by atoms with van der Waals surface area (Å²) in [5.41, 5.74) is 5.72. The number of nitrogens with zero attached hydrogens (tertiary/aromatic N) is 1. The van der Waals surface area contributed by atoms with Crippen LogP contribution in [0.5, 0.6) is 0 Å². The van der Waals surface area contributed by atoms with E-state index in [0.29, 0.717) is 5.92 Å². The Morgan fingerprint density at radius 1 is 1.30 bits per heavy atom. The summed E-state index contributed by atoms with van der Waals surface area (Å²) in [7, 11) is 1.80. The van der Waals surface area contributed by atoms with E-state index >= 15 is 0 Å². The van der Waals surface area contributed by atoms with Gasteiger partial charge in [-0.15, -0.1) is 12.4 Å². The van der Waals surface area contributed by atoms with Gasteiger partial charge in [-0.1, -0.05) is 26.7 Å². The molecule has 1 aliphatic carbocycles. The van der Waals surface area contributed by atoms with Crippen LogP contribution in [0, 0.1) is 11.8 Å². The summed E-state index contributed by atoms with van der Waals surface area (Å²) in [6.07, 6.45) is 4.96. The highest BCUT2D eigenvalue weighted by Gasteiger charge is 2.21. The van der Waals surface area contributed by atoms with E-state index in [1.165, 1.54) is 25.7 Å². The number of likely N-dealkylation sites (N-methyl/N-ethyl adjacent to an activating group) is 1. The van der Waals surface area contributed by atoms with Crippen molar-refractivity contribution >= 4 is 24.2 Å². The summed E-state index contributed by atoms with van der Waals surface area (Å²) in [5.74, 6) is 0.405. The normalized spacial score (nSPS) is 16.6. The standard InChI is InChI=1S/C14H27N3O2.ClH/c1-10(2)13(15)14(19)16-8-12(18)17(3)9-11-6-4-5-7-11;/h10-11,13H,4-9,15H2,1-3H3,(H,16,19);1H/t13-;/m0./s1. The lowest BCUT2D eigenvalue weighted by atomic mass is 10.1. The summed E-state index contributed by atoms with van der Waals surface area (Å²) >= 11 is 0. The smallest absolute Gasteiger partial charge is 0.241 e. The number of carbonyl (C=O) groups is 2. The third-order valence-electron chi connectivity index (χ3n) is 3.87. The third-order valence-corrected chi connectivity index (χ3v) is 3.87. The van der Waals surface area contributed by atoms with E-state index in [-0.39, 0.29) is 36.7 Å². The van der Waals surface area contributed by atoms with Gasteiger partial charge in [0, 0.05) is 13.6 Å². The van der Waals surface area contributed by atoms with Crippen LogP contribution in [-0.2, 0) is 9.59 Å². The minimum absolute atomic E-state index is 0. The maximum Gasteiger partial charge on any atom is 0.241 e. The van der Waals surface area contributed by atoms with E-state index in [0.717, 1.165) is 6.54 Å². The first-order chi connectivity index (χ1) is 8.91. The quantitative estimate of drug-likeness (QED) is 0.773. The van der Waals surface area contributed by atoms with Gasteiger partial charge in [-0.2, -0.15) is 0 Å². The van der Waals surface area contributed by atoms with Crippen LogP contribution in [0.3, 0.4) is 0 Å². The van der Waals surface area contributed by atoms with Gasteiger partial charge in [0.1, 0.15) is 0 Å². The molecule has 5 nitrogen and oxygen atoms in total. The van der Waals surface area contributed by atoms with Gasteiger partial charge in [0.25, 0.3) is 0 Å². The number of rotatable bonds is 6. The summed E-state index contributed by atoms with van der Waals surface area (Å²) in [4.78, 5) is 25.3. The van der Waals surface area contributed by atoms with E-state index in [4.69, 9.17) is 5.73 Å². The number of hydrogen-bond acceptors (Lipinski definition) is 3. The lowest BCUT2D eigenvalue weighted by molar-refractivity contribution is -0.132. The lowest BCUT2D eigenvalue weighted by Crippen LogP contribution is -2.47. The van der Waals surface area contributed by atoms with Crippen molar-refractivity contribution < 1.29 is 9.59 Å². The van der Waals surface area contributed by atoms with Crippen molar-refractivity contribution in [1.82, 2.24) is 10.2 Å². The molecule has 0 aliphatic heterocycles. The molecule has 0 heterocycles. The van der Waals surface area contributed by atoms with Gasteiger partial charge in [0.2, 0.25) is 11.8 Å². The second kappa shape index (κ2) is 9.19. The molecular weight excluding hydrogens is 278 g/mol. The molecule has 3 N–H and O–H groups in total. The molecule has 1 atom stereocenters. The van der Waals surface area contributed by atoms with Crippen molar-refractivity contribution in [3.63, 3.8) is 0 Å². The number of halogens is 1. The Labute approximate surface area is 128 Å². The minimum Gasteiger partial charge on any atom is -0.346 e. The first-order valence-electron chi connectivity index (χ1n) is 7.19. The summed E-state index contributed by atoms with van der Waals surface area (Å²) < 4.78 is 0. The van der Waals surface area contributed by atoms with E-state index in [2.05, 4.69) is 5.32 Å². The molecule has 1 saturated carbocycles. The van der Waals surface area contributed by atoms with Crippen LogP contribution < -0.4 is 11.1 Å². The van der Waals surface area contributed by atoms with Gasteiger partial charge in [-0.3, -0.25) is 9.59 Å². The Balaban J connectivity index is 0.00000361. The van der Waals surface area contributed by atoms with Crippen molar-refractivity contribution in [2.24, 2.45) is 17.6 Å². The molecule has 0 radical (unpaired) electrons. The Kier molecular flexibility index (Phi) is 8.81.